The van der Waals surface area contributed by atoms with Crippen molar-refractivity contribution >= 4 is 16.6 Å². The first-order valence-electron chi connectivity index (χ1n) is 11.8. The summed E-state index contributed by atoms with van der Waals surface area (Å²) in [5, 5.41) is 4.20. The Balaban J connectivity index is 1.87. The van der Waals surface area contributed by atoms with Gasteiger partial charge in [-0.25, -0.2) is 4.79 Å². The van der Waals surface area contributed by atoms with E-state index in [0.717, 1.165) is 45.2 Å². The number of methoxy groups -OCH3 is 1. The normalized spacial score (nSPS) is 14.3. The topological polar surface area (TPSA) is 70.2 Å². The molecule has 5 aromatic rings. The van der Waals surface area contributed by atoms with Gasteiger partial charge in [-0.2, -0.15) is 0 Å². The third-order valence-electron chi connectivity index (χ3n) is 7.15. The fourth-order valence-electron chi connectivity index (χ4n) is 5.38. The highest BCUT2D eigenvalue weighted by molar-refractivity contribution is 5.99. The number of para-hydroxylation sites is 2. The van der Waals surface area contributed by atoms with E-state index < -0.39 is 0 Å². The van der Waals surface area contributed by atoms with Gasteiger partial charge in [0.05, 0.1) is 46.8 Å². The van der Waals surface area contributed by atoms with Crippen LogP contribution in [0.3, 0.4) is 0 Å². The van der Waals surface area contributed by atoms with Gasteiger partial charge in [-0.05, 0) is 42.3 Å². The zero-order valence-corrected chi connectivity index (χ0v) is 20.6. The van der Waals surface area contributed by atoms with Crippen LogP contribution < -0.4 is 21.3 Å². The molecule has 0 radical (unpaired) electrons. The Hall–Kier alpha value is -4.52. The number of nitrogens with one attached hydrogen (secondary N) is 1. The molecular weight excluding hydrogens is 452 g/mol. The molecule has 3 aromatic carbocycles. The van der Waals surface area contributed by atoms with Crippen LogP contribution in [0.2, 0.25) is 0 Å². The summed E-state index contributed by atoms with van der Waals surface area (Å²) in [6.07, 6.45) is 0. The zero-order chi connectivity index (χ0) is 25.1. The molecule has 0 saturated heterocycles. The second kappa shape index (κ2) is 8.02. The van der Waals surface area contributed by atoms with E-state index >= 15 is 0 Å². The first-order valence-corrected chi connectivity index (χ1v) is 11.8. The molecule has 0 saturated carbocycles. The number of aromatic nitrogens is 3. The zero-order valence-electron chi connectivity index (χ0n) is 20.6. The van der Waals surface area contributed by atoms with Crippen molar-refractivity contribution in [1.29, 1.82) is 0 Å². The molecule has 1 aliphatic rings. The van der Waals surface area contributed by atoms with E-state index in [1.54, 1.807) is 18.7 Å². The van der Waals surface area contributed by atoms with Crippen molar-refractivity contribution in [2.24, 2.45) is 14.1 Å². The Bertz CT molecular complexity index is 1790. The van der Waals surface area contributed by atoms with Crippen molar-refractivity contribution < 1.29 is 4.74 Å². The molecule has 1 atom stereocenters. The van der Waals surface area contributed by atoms with Crippen molar-refractivity contribution in [3.8, 4) is 22.7 Å². The molecule has 6 rings (SSSR count). The van der Waals surface area contributed by atoms with E-state index in [1.807, 2.05) is 79.7 Å². The van der Waals surface area contributed by atoms with Gasteiger partial charge in [-0.3, -0.25) is 13.9 Å². The highest BCUT2D eigenvalue weighted by Crippen LogP contribution is 2.46. The molecular formula is C29H26N4O3. The first-order chi connectivity index (χ1) is 17.4. The van der Waals surface area contributed by atoms with Crippen molar-refractivity contribution in [2.45, 2.75) is 13.0 Å². The van der Waals surface area contributed by atoms with Gasteiger partial charge < -0.3 is 14.6 Å². The van der Waals surface area contributed by atoms with Gasteiger partial charge in [-0.1, -0.05) is 48.5 Å². The Labute approximate surface area is 207 Å². The van der Waals surface area contributed by atoms with Gasteiger partial charge in [0.1, 0.15) is 5.75 Å². The molecule has 0 spiro atoms. The van der Waals surface area contributed by atoms with Crippen LogP contribution in [-0.4, -0.2) is 20.8 Å². The summed E-state index contributed by atoms with van der Waals surface area (Å²) in [6.45, 7) is 2.04. The summed E-state index contributed by atoms with van der Waals surface area (Å²) in [7, 11) is 4.91. The SMILES string of the molecule is COc1cccc([C@@H]2Nc3ccccc3-n3c(-c4ccccc4C)c4c(=O)n(C)c(=O)n(C)c4c32)c1. The standard InChI is InChI=1S/C29H26N4O3/c1-17-10-5-6-13-20(17)25-23-26(31(2)29(35)32(3)28(23)34)27-24(18-11-9-12-19(16-18)36-4)30-21-14-7-8-15-22(21)33(25)27/h5-16,24,30H,1-4H3/t24-/m0/s1. The summed E-state index contributed by atoms with van der Waals surface area (Å²) in [6, 6.07) is 23.6. The van der Waals surface area contributed by atoms with Crippen LogP contribution in [-0.2, 0) is 14.1 Å². The average Bonchev–Trinajstić information content (AvgIpc) is 3.27. The van der Waals surface area contributed by atoms with Crippen LogP contribution in [0.4, 0.5) is 5.69 Å². The van der Waals surface area contributed by atoms with Crippen molar-refractivity contribution in [1.82, 2.24) is 13.7 Å². The second-order valence-electron chi connectivity index (χ2n) is 9.18. The highest BCUT2D eigenvalue weighted by Gasteiger charge is 2.35. The quantitative estimate of drug-likeness (QED) is 0.414. The summed E-state index contributed by atoms with van der Waals surface area (Å²) in [4.78, 5) is 26.9. The van der Waals surface area contributed by atoms with E-state index in [-0.39, 0.29) is 17.3 Å². The van der Waals surface area contributed by atoms with Crippen LogP contribution in [0, 0.1) is 6.92 Å². The third kappa shape index (κ3) is 2.99. The molecule has 0 bridgehead atoms. The van der Waals surface area contributed by atoms with Crippen LogP contribution in [0.25, 0.3) is 27.8 Å². The maximum absolute atomic E-state index is 13.8. The Kier molecular flexibility index (Phi) is 4.89. The van der Waals surface area contributed by atoms with E-state index in [9.17, 15) is 9.59 Å². The second-order valence-corrected chi connectivity index (χ2v) is 9.18. The lowest BCUT2D eigenvalue weighted by Crippen LogP contribution is -2.37. The maximum Gasteiger partial charge on any atom is 0.331 e. The molecule has 180 valence electrons. The number of aryl methyl sites for hydroxylation is 2. The summed E-state index contributed by atoms with van der Waals surface area (Å²) in [5.41, 5.74) is 6.41. The third-order valence-corrected chi connectivity index (χ3v) is 7.15. The number of hydrogen-bond donors (Lipinski definition) is 1. The van der Waals surface area contributed by atoms with Gasteiger partial charge >= 0.3 is 5.69 Å². The van der Waals surface area contributed by atoms with E-state index in [1.165, 1.54) is 11.6 Å². The smallest absolute Gasteiger partial charge is 0.331 e. The number of fused-ring (bicyclic) bond motifs is 5. The number of hydrogen-bond acceptors (Lipinski definition) is 4. The van der Waals surface area contributed by atoms with Gasteiger partial charge in [0.2, 0.25) is 0 Å². The molecule has 0 amide bonds. The lowest BCUT2D eigenvalue weighted by Gasteiger charge is -2.31. The number of anilines is 1. The lowest BCUT2D eigenvalue weighted by atomic mass is 9.99. The molecule has 36 heavy (non-hydrogen) atoms. The summed E-state index contributed by atoms with van der Waals surface area (Å²) < 4.78 is 10.5. The van der Waals surface area contributed by atoms with Crippen LogP contribution >= 0.6 is 0 Å². The monoisotopic (exact) mass is 478 g/mol. The highest BCUT2D eigenvalue weighted by atomic mass is 16.5. The number of rotatable bonds is 3. The Morgan fingerprint density at radius 3 is 2.42 bits per heavy atom. The van der Waals surface area contributed by atoms with E-state index in [0.29, 0.717) is 10.9 Å². The minimum atomic E-state index is -0.361. The lowest BCUT2D eigenvalue weighted by molar-refractivity contribution is 0.414. The summed E-state index contributed by atoms with van der Waals surface area (Å²) in [5.74, 6) is 0.736. The molecule has 1 aliphatic heterocycles. The molecule has 2 aromatic heterocycles. The molecule has 1 N–H and O–H groups in total. The molecule has 3 heterocycles. The van der Waals surface area contributed by atoms with Gasteiger partial charge in [0, 0.05) is 19.7 Å². The molecule has 0 fully saturated rings. The van der Waals surface area contributed by atoms with Gasteiger partial charge in [0.25, 0.3) is 5.56 Å². The van der Waals surface area contributed by atoms with Crippen molar-refractivity contribution in [3.05, 3.63) is 110 Å². The van der Waals surface area contributed by atoms with Crippen molar-refractivity contribution in [3.63, 3.8) is 0 Å². The van der Waals surface area contributed by atoms with Gasteiger partial charge in [-0.15, -0.1) is 0 Å². The fraction of sp³-hybridized carbons (Fsp3) is 0.172. The van der Waals surface area contributed by atoms with E-state index in [2.05, 4.69) is 9.88 Å². The molecule has 0 aliphatic carbocycles. The van der Waals surface area contributed by atoms with Crippen LogP contribution in [0.5, 0.6) is 5.75 Å². The number of ether oxygens (including phenoxy) is 1. The summed E-state index contributed by atoms with van der Waals surface area (Å²) >= 11 is 0. The number of benzene rings is 3. The number of nitrogens with zero attached hydrogens (tertiary/aromatic N) is 3. The predicted molar refractivity (Wildman–Crippen MR) is 142 cm³/mol. The molecule has 0 unspecified atom stereocenters. The minimum absolute atomic E-state index is 0.310. The van der Waals surface area contributed by atoms with Crippen molar-refractivity contribution in [2.75, 3.05) is 12.4 Å². The van der Waals surface area contributed by atoms with Gasteiger partial charge in [0.15, 0.2) is 0 Å². The largest absolute Gasteiger partial charge is 0.497 e. The Morgan fingerprint density at radius 1 is 0.889 bits per heavy atom. The molecule has 7 heteroatoms. The van der Waals surface area contributed by atoms with Crippen LogP contribution in [0.1, 0.15) is 22.9 Å². The Morgan fingerprint density at radius 2 is 1.64 bits per heavy atom. The predicted octanol–water partition coefficient (Wildman–Crippen LogP) is 4.53. The average molecular weight is 479 g/mol. The fourth-order valence-corrected chi connectivity index (χ4v) is 5.38. The van der Waals surface area contributed by atoms with Crippen LogP contribution in [0.15, 0.2) is 82.4 Å². The minimum Gasteiger partial charge on any atom is -0.497 e. The molecule has 7 nitrogen and oxygen atoms in total. The maximum atomic E-state index is 13.8. The van der Waals surface area contributed by atoms with E-state index in [4.69, 9.17) is 4.74 Å². The first kappa shape index (κ1) is 22.0.